The molecule has 0 heterocycles. The van der Waals surface area contributed by atoms with Crippen LogP contribution in [0, 0.1) is 17.1 Å². The summed E-state index contributed by atoms with van der Waals surface area (Å²) in [6, 6.07) is 22.2. The van der Waals surface area contributed by atoms with Crippen molar-refractivity contribution >= 4 is 23.7 Å². The Bertz CT molecular complexity index is 1200. The fourth-order valence-electron chi connectivity index (χ4n) is 2.86. The number of carbonyl (C=O) groups excluding carboxylic acids is 2. The fourth-order valence-corrected chi connectivity index (χ4v) is 2.86. The first kappa shape index (κ1) is 23.2. The lowest BCUT2D eigenvalue weighted by atomic mass is 10.1. The van der Waals surface area contributed by atoms with Crippen molar-refractivity contribution in [3.05, 3.63) is 95.3 Å². The number of para-hydroxylation sites is 2. The van der Waals surface area contributed by atoms with Gasteiger partial charge in [-0.2, -0.15) is 10.4 Å². The Balaban J connectivity index is 1.50. The van der Waals surface area contributed by atoms with Crippen LogP contribution in [-0.4, -0.2) is 18.0 Å². The highest BCUT2D eigenvalue weighted by Crippen LogP contribution is 2.19. The molecule has 0 unspecified atom stereocenters. The summed E-state index contributed by atoms with van der Waals surface area (Å²) in [5, 5.41) is 15.5. The largest absolute Gasteiger partial charge is 0.488 e. The molecule has 0 bridgehead atoms. The molecule has 7 nitrogen and oxygen atoms in total. The highest BCUT2D eigenvalue weighted by Gasteiger charge is 2.09. The third-order valence-corrected chi connectivity index (χ3v) is 4.56. The summed E-state index contributed by atoms with van der Waals surface area (Å²) in [7, 11) is 0. The first-order chi connectivity index (χ1) is 16.1. The summed E-state index contributed by atoms with van der Waals surface area (Å²) in [5.74, 6) is -0.948. The number of rotatable bonds is 9. The number of amides is 2. The van der Waals surface area contributed by atoms with Gasteiger partial charge in [0, 0.05) is 24.0 Å². The van der Waals surface area contributed by atoms with Crippen molar-refractivity contribution in [3.63, 3.8) is 0 Å². The molecule has 3 aromatic carbocycles. The van der Waals surface area contributed by atoms with Crippen molar-refractivity contribution < 1.29 is 18.7 Å². The highest BCUT2D eigenvalue weighted by molar-refractivity contribution is 5.93. The molecule has 0 aliphatic heterocycles. The van der Waals surface area contributed by atoms with Gasteiger partial charge in [0.1, 0.15) is 18.2 Å². The van der Waals surface area contributed by atoms with Crippen molar-refractivity contribution in [2.75, 3.05) is 5.32 Å². The van der Waals surface area contributed by atoms with E-state index >= 15 is 0 Å². The van der Waals surface area contributed by atoms with E-state index in [4.69, 9.17) is 4.74 Å². The van der Waals surface area contributed by atoms with E-state index in [0.29, 0.717) is 16.9 Å². The second-order valence-electron chi connectivity index (χ2n) is 6.92. The Morgan fingerprint density at radius 2 is 1.67 bits per heavy atom. The number of halogens is 1. The Kier molecular flexibility index (Phi) is 8.26. The second-order valence-corrected chi connectivity index (χ2v) is 6.92. The molecule has 0 aliphatic rings. The van der Waals surface area contributed by atoms with Crippen LogP contribution in [-0.2, 0) is 16.2 Å². The van der Waals surface area contributed by atoms with Gasteiger partial charge in [-0.25, -0.2) is 9.82 Å². The Morgan fingerprint density at radius 3 is 2.48 bits per heavy atom. The number of ether oxygens (including phenoxy) is 1. The van der Waals surface area contributed by atoms with Crippen LogP contribution in [0.15, 0.2) is 77.9 Å². The first-order valence-corrected chi connectivity index (χ1v) is 10.1. The van der Waals surface area contributed by atoms with Crippen LogP contribution in [0.3, 0.4) is 0 Å². The van der Waals surface area contributed by atoms with Gasteiger partial charge in [0.15, 0.2) is 0 Å². The van der Waals surface area contributed by atoms with E-state index in [-0.39, 0.29) is 25.1 Å². The van der Waals surface area contributed by atoms with Gasteiger partial charge in [-0.3, -0.25) is 9.59 Å². The maximum Gasteiger partial charge on any atom is 0.240 e. The molecule has 0 saturated carbocycles. The minimum absolute atomic E-state index is 0.0647. The standard InChI is InChI=1S/C25H21FN4O3/c26-21-10-4-5-11-22(21)29-24(31)13-14-25(32)30-28-16-19-8-3-6-12-23(19)33-17-20-9-2-1-7-18(20)15-27/h1-12,16H,13-14,17H2,(H,29,31)(H,30,32). The molecule has 0 spiro atoms. The van der Waals surface area contributed by atoms with Crippen molar-refractivity contribution in [2.24, 2.45) is 5.10 Å². The van der Waals surface area contributed by atoms with Crippen molar-refractivity contribution in [1.29, 1.82) is 5.26 Å². The number of nitrogens with zero attached hydrogens (tertiary/aromatic N) is 2. The minimum Gasteiger partial charge on any atom is -0.488 e. The van der Waals surface area contributed by atoms with Gasteiger partial charge >= 0.3 is 0 Å². The zero-order valence-corrected chi connectivity index (χ0v) is 17.6. The number of anilines is 1. The molecule has 2 N–H and O–H groups in total. The molecular weight excluding hydrogens is 423 g/mol. The summed E-state index contributed by atoms with van der Waals surface area (Å²) < 4.78 is 19.4. The zero-order chi connectivity index (χ0) is 23.5. The second kappa shape index (κ2) is 11.8. The molecule has 2 amide bonds. The number of nitrogens with one attached hydrogen (secondary N) is 2. The number of hydrazone groups is 1. The number of carbonyl (C=O) groups is 2. The van der Waals surface area contributed by atoms with Crippen LogP contribution >= 0.6 is 0 Å². The third kappa shape index (κ3) is 7.01. The van der Waals surface area contributed by atoms with Crippen LogP contribution < -0.4 is 15.5 Å². The summed E-state index contributed by atoms with van der Waals surface area (Å²) in [5.41, 5.74) is 4.35. The molecule has 33 heavy (non-hydrogen) atoms. The third-order valence-electron chi connectivity index (χ3n) is 4.56. The molecule has 3 rings (SSSR count). The van der Waals surface area contributed by atoms with Gasteiger partial charge in [-0.1, -0.05) is 42.5 Å². The van der Waals surface area contributed by atoms with Gasteiger partial charge in [0.05, 0.1) is 23.5 Å². The van der Waals surface area contributed by atoms with E-state index < -0.39 is 17.6 Å². The van der Waals surface area contributed by atoms with Crippen molar-refractivity contribution in [3.8, 4) is 11.8 Å². The molecule has 166 valence electrons. The summed E-state index contributed by atoms with van der Waals surface area (Å²) in [6.45, 7) is 0.206. The van der Waals surface area contributed by atoms with Crippen LogP contribution in [0.5, 0.6) is 5.75 Å². The normalized spacial score (nSPS) is 10.4. The van der Waals surface area contributed by atoms with Crippen LogP contribution in [0.1, 0.15) is 29.5 Å². The van der Waals surface area contributed by atoms with E-state index in [1.165, 1.54) is 24.4 Å². The molecule has 3 aromatic rings. The Morgan fingerprint density at radius 1 is 0.970 bits per heavy atom. The molecule has 0 radical (unpaired) electrons. The average Bonchev–Trinajstić information content (AvgIpc) is 2.84. The number of benzene rings is 3. The van der Waals surface area contributed by atoms with E-state index in [2.05, 4.69) is 21.9 Å². The summed E-state index contributed by atoms with van der Waals surface area (Å²) in [4.78, 5) is 23.9. The predicted octanol–water partition coefficient (Wildman–Crippen LogP) is 4.15. The predicted molar refractivity (Wildman–Crippen MR) is 122 cm³/mol. The summed E-state index contributed by atoms with van der Waals surface area (Å²) in [6.07, 6.45) is 1.21. The fraction of sp³-hybridized carbons (Fsp3) is 0.120. The molecular formula is C25H21FN4O3. The Hall–Kier alpha value is -4.51. The number of hydrogen-bond donors (Lipinski definition) is 2. The van der Waals surface area contributed by atoms with E-state index in [9.17, 15) is 19.2 Å². The molecule has 0 aliphatic carbocycles. The van der Waals surface area contributed by atoms with Crippen molar-refractivity contribution in [1.82, 2.24) is 5.43 Å². The van der Waals surface area contributed by atoms with Gasteiger partial charge in [-0.15, -0.1) is 0 Å². The minimum atomic E-state index is -0.545. The Labute approximate surface area is 190 Å². The smallest absolute Gasteiger partial charge is 0.240 e. The van der Waals surface area contributed by atoms with Crippen LogP contribution in [0.4, 0.5) is 10.1 Å². The monoisotopic (exact) mass is 444 g/mol. The molecule has 0 atom stereocenters. The molecule has 0 saturated heterocycles. The van der Waals surface area contributed by atoms with Crippen LogP contribution in [0.25, 0.3) is 0 Å². The van der Waals surface area contributed by atoms with Crippen LogP contribution in [0.2, 0.25) is 0 Å². The lowest BCUT2D eigenvalue weighted by Gasteiger charge is -2.10. The van der Waals surface area contributed by atoms with Gasteiger partial charge in [-0.05, 0) is 30.3 Å². The highest BCUT2D eigenvalue weighted by atomic mass is 19.1. The molecule has 8 heteroatoms. The van der Waals surface area contributed by atoms with E-state index in [0.717, 1.165) is 5.56 Å². The maximum atomic E-state index is 13.6. The SMILES string of the molecule is N#Cc1ccccc1COc1ccccc1C=NNC(=O)CCC(=O)Nc1ccccc1F. The lowest BCUT2D eigenvalue weighted by molar-refractivity contribution is -0.124. The lowest BCUT2D eigenvalue weighted by Crippen LogP contribution is -2.21. The molecule has 0 aromatic heterocycles. The number of nitriles is 1. The zero-order valence-electron chi connectivity index (χ0n) is 17.6. The van der Waals surface area contributed by atoms with Gasteiger partial charge in [0.2, 0.25) is 11.8 Å². The molecule has 0 fully saturated rings. The maximum absolute atomic E-state index is 13.6. The van der Waals surface area contributed by atoms with Gasteiger partial charge in [0.25, 0.3) is 0 Å². The van der Waals surface area contributed by atoms with E-state index in [1.54, 1.807) is 42.5 Å². The van der Waals surface area contributed by atoms with Gasteiger partial charge < -0.3 is 10.1 Å². The van der Waals surface area contributed by atoms with Crippen molar-refractivity contribution in [2.45, 2.75) is 19.4 Å². The summed E-state index contributed by atoms with van der Waals surface area (Å²) >= 11 is 0. The average molecular weight is 444 g/mol. The first-order valence-electron chi connectivity index (χ1n) is 10.1. The quantitative estimate of drug-likeness (QED) is 0.382. The number of hydrogen-bond acceptors (Lipinski definition) is 5. The topological polar surface area (TPSA) is 104 Å². The van der Waals surface area contributed by atoms with E-state index in [1.807, 2.05) is 12.1 Å².